The van der Waals surface area contributed by atoms with Crippen LogP contribution in [0.3, 0.4) is 0 Å². The minimum Gasteiger partial charge on any atom is -0.508 e. The number of aromatic hydroxyl groups is 1. The number of rotatable bonds is 5. The lowest BCUT2D eigenvalue weighted by atomic mass is 9.78. The minimum atomic E-state index is -1.05. The number of aromatic amines is 1. The van der Waals surface area contributed by atoms with Gasteiger partial charge in [-0.2, -0.15) is 0 Å². The number of H-pyrrole nitrogens is 1. The smallest absolute Gasteiger partial charge is 0.249 e. The van der Waals surface area contributed by atoms with E-state index in [1.165, 1.54) is 0 Å². The van der Waals surface area contributed by atoms with Crippen LogP contribution < -0.4 is 10.1 Å². The first kappa shape index (κ1) is 21.3. The van der Waals surface area contributed by atoms with Gasteiger partial charge in [0.1, 0.15) is 17.0 Å². The van der Waals surface area contributed by atoms with Crippen LogP contribution >= 0.6 is 0 Å². The molecule has 0 aliphatic carbocycles. The normalized spacial score (nSPS) is 22.5. The number of methoxy groups -OCH3 is 1. The van der Waals surface area contributed by atoms with Crippen molar-refractivity contribution >= 4 is 22.7 Å². The highest BCUT2D eigenvalue weighted by Gasteiger charge is 2.55. The van der Waals surface area contributed by atoms with Crippen LogP contribution in [-0.2, 0) is 16.0 Å². The fourth-order valence-electron chi connectivity index (χ4n) is 5.33. The largest absolute Gasteiger partial charge is 0.508 e. The van der Waals surface area contributed by atoms with Gasteiger partial charge in [0.2, 0.25) is 11.8 Å². The van der Waals surface area contributed by atoms with E-state index in [2.05, 4.69) is 10.3 Å². The van der Waals surface area contributed by atoms with Crippen LogP contribution in [0.4, 0.5) is 0 Å². The molecule has 0 unspecified atom stereocenters. The Kier molecular flexibility index (Phi) is 5.05. The summed E-state index contributed by atoms with van der Waals surface area (Å²) in [6, 6.07) is 12.2. The van der Waals surface area contributed by atoms with Crippen molar-refractivity contribution in [3.63, 3.8) is 0 Å². The van der Waals surface area contributed by atoms with Gasteiger partial charge in [0.25, 0.3) is 0 Å². The summed E-state index contributed by atoms with van der Waals surface area (Å²) >= 11 is 0. The molecular formula is C25H28N4O4. The third-order valence-electron chi connectivity index (χ3n) is 6.89. The van der Waals surface area contributed by atoms with Gasteiger partial charge in [0.15, 0.2) is 0 Å². The fourth-order valence-corrected chi connectivity index (χ4v) is 5.33. The number of ether oxygens (including phenoxy) is 1. The van der Waals surface area contributed by atoms with Crippen molar-refractivity contribution in [2.24, 2.45) is 0 Å². The number of nitrogens with zero attached hydrogens (tertiary/aromatic N) is 2. The van der Waals surface area contributed by atoms with Crippen LogP contribution in [0.5, 0.6) is 11.5 Å². The van der Waals surface area contributed by atoms with Crippen molar-refractivity contribution in [3.05, 3.63) is 59.3 Å². The van der Waals surface area contributed by atoms with Gasteiger partial charge in [0.05, 0.1) is 19.7 Å². The number of hydrogen-bond donors (Lipinski definition) is 3. The van der Waals surface area contributed by atoms with E-state index < -0.39 is 11.6 Å². The molecule has 172 valence electrons. The molecule has 0 saturated carbocycles. The molecule has 3 N–H and O–H groups in total. The average Bonchev–Trinajstić information content (AvgIpc) is 3.16. The molecule has 2 aromatic carbocycles. The van der Waals surface area contributed by atoms with Gasteiger partial charge in [-0.25, -0.2) is 0 Å². The predicted molar refractivity (Wildman–Crippen MR) is 124 cm³/mol. The van der Waals surface area contributed by atoms with E-state index in [0.717, 1.165) is 33.5 Å². The number of carbonyl (C=O) groups is 2. The number of benzene rings is 2. The maximum atomic E-state index is 13.8. The minimum absolute atomic E-state index is 0.0365. The maximum Gasteiger partial charge on any atom is 0.249 e. The van der Waals surface area contributed by atoms with Gasteiger partial charge in [-0.1, -0.05) is 12.1 Å². The third-order valence-corrected chi connectivity index (χ3v) is 6.89. The van der Waals surface area contributed by atoms with E-state index in [9.17, 15) is 14.7 Å². The fraction of sp³-hybridized carbons (Fsp3) is 0.360. The van der Waals surface area contributed by atoms with Gasteiger partial charge in [-0.05, 0) is 55.4 Å². The molecule has 0 bridgehead atoms. The third kappa shape index (κ3) is 3.24. The summed E-state index contributed by atoms with van der Waals surface area (Å²) in [6.45, 7) is 2.97. The number of piperazine rings is 1. The van der Waals surface area contributed by atoms with Crippen LogP contribution in [-0.4, -0.2) is 71.0 Å². The Morgan fingerprint density at radius 3 is 2.79 bits per heavy atom. The topological polar surface area (TPSA) is 97.9 Å². The molecule has 1 aromatic heterocycles. The van der Waals surface area contributed by atoms with E-state index in [1.807, 2.05) is 38.2 Å². The molecule has 5 rings (SSSR count). The van der Waals surface area contributed by atoms with Crippen molar-refractivity contribution in [2.75, 3.05) is 33.8 Å². The van der Waals surface area contributed by atoms with Crippen LogP contribution in [0.1, 0.15) is 29.8 Å². The van der Waals surface area contributed by atoms with Crippen LogP contribution in [0.2, 0.25) is 0 Å². The second-order valence-corrected chi connectivity index (χ2v) is 8.97. The second kappa shape index (κ2) is 7.81. The first-order valence-corrected chi connectivity index (χ1v) is 11.1. The predicted octanol–water partition coefficient (Wildman–Crippen LogP) is 2.18. The molecule has 8 heteroatoms. The summed E-state index contributed by atoms with van der Waals surface area (Å²) in [5.41, 5.74) is 2.48. The van der Waals surface area contributed by atoms with E-state index in [1.54, 1.807) is 35.1 Å². The number of phenols is 1. The number of fused-ring (bicyclic) bond motifs is 4. The zero-order chi connectivity index (χ0) is 23.3. The van der Waals surface area contributed by atoms with Gasteiger partial charge >= 0.3 is 0 Å². The first-order chi connectivity index (χ1) is 15.9. The number of carbonyl (C=O) groups excluding carboxylic acids is 2. The molecule has 0 spiro atoms. The summed E-state index contributed by atoms with van der Waals surface area (Å²) in [4.78, 5) is 34.2. The lowest BCUT2D eigenvalue weighted by molar-refractivity contribution is -0.167. The van der Waals surface area contributed by atoms with Crippen LogP contribution in [0.15, 0.2) is 42.5 Å². The second-order valence-electron chi connectivity index (χ2n) is 8.97. The number of hydrogen-bond acceptors (Lipinski definition) is 5. The summed E-state index contributed by atoms with van der Waals surface area (Å²) in [7, 11) is 3.45. The van der Waals surface area contributed by atoms with Crippen molar-refractivity contribution in [2.45, 2.75) is 24.9 Å². The summed E-state index contributed by atoms with van der Waals surface area (Å²) in [6.07, 6.45) is 0.394. The van der Waals surface area contributed by atoms with E-state index in [4.69, 9.17) is 4.74 Å². The number of amides is 2. The Morgan fingerprint density at radius 2 is 2.06 bits per heavy atom. The molecule has 2 aliphatic heterocycles. The van der Waals surface area contributed by atoms with Crippen LogP contribution in [0.25, 0.3) is 10.9 Å². The summed E-state index contributed by atoms with van der Waals surface area (Å²) in [5.74, 6) is 0.673. The number of likely N-dealkylation sites (N-methyl/N-ethyl adjacent to an activating group) is 1. The van der Waals surface area contributed by atoms with Gasteiger partial charge in [-0.3, -0.25) is 9.59 Å². The molecule has 3 aromatic rings. The van der Waals surface area contributed by atoms with Crippen molar-refractivity contribution in [1.29, 1.82) is 0 Å². The monoisotopic (exact) mass is 448 g/mol. The highest BCUT2D eigenvalue weighted by Crippen LogP contribution is 2.47. The Hall–Kier alpha value is -3.52. The van der Waals surface area contributed by atoms with Crippen LogP contribution in [0, 0.1) is 0 Å². The first-order valence-electron chi connectivity index (χ1n) is 11.1. The van der Waals surface area contributed by atoms with Crippen molar-refractivity contribution in [1.82, 2.24) is 20.1 Å². The lowest BCUT2D eigenvalue weighted by Crippen LogP contribution is -2.70. The molecule has 33 heavy (non-hydrogen) atoms. The zero-order valence-corrected chi connectivity index (χ0v) is 19.0. The molecule has 1 saturated heterocycles. The maximum absolute atomic E-state index is 13.8. The Bertz CT molecular complexity index is 1250. The lowest BCUT2D eigenvalue weighted by Gasteiger charge is -2.53. The Labute approximate surface area is 192 Å². The molecule has 3 heterocycles. The van der Waals surface area contributed by atoms with Crippen molar-refractivity contribution in [3.8, 4) is 11.5 Å². The zero-order valence-electron chi connectivity index (χ0n) is 19.0. The number of aromatic nitrogens is 1. The molecule has 2 amide bonds. The Morgan fingerprint density at radius 1 is 1.24 bits per heavy atom. The number of nitrogens with one attached hydrogen (secondary N) is 2. The average molecular weight is 449 g/mol. The highest BCUT2D eigenvalue weighted by molar-refractivity contribution is 6.00. The number of phenolic OH excluding ortho intramolecular Hbond substituents is 1. The summed E-state index contributed by atoms with van der Waals surface area (Å²) in [5, 5.41) is 14.2. The van der Waals surface area contributed by atoms with Crippen molar-refractivity contribution < 1.29 is 19.4 Å². The molecule has 1 fully saturated rings. The van der Waals surface area contributed by atoms with Gasteiger partial charge in [0, 0.05) is 36.1 Å². The van der Waals surface area contributed by atoms with E-state index in [-0.39, 0.29) is 24.1 Å². The highest BCUT2D eigenvalue weighted by atomic mass is 16.5. The molecule has 2 aliphatic rings. The standard InChI is InChI=1S/C25H28N4O4/c1-25-13-19-18-12-17(33-3)7-8-20(18)27-22(19)23(15-5-4-6-16(30)11-15)29(25)21(31)14-28(24(25)32)10-9-26-2/h4-8,11-12,23,26-27,30H,9-10,13-14H2,1-3H3/t23-,25+/m1/s1. The molecule has 8 nitrogen and oxygen atoms in total. The van der Waals surface area contributed by atoms with Gasteiger partial charge < -0.3 is 29.9 Å². The van der Waals surface area contributed by atoms with E-state index in [0.29, 0.717) is 19.5 Å². The molecular weight excluding hydrogens is 420 g/mol. The molecule has 0 radical (unpaired) electrons. The SMILES string of the molecule is CNCCN1CC(=O)N2[C@H](c3cccc(O)c3)c3[nH]c4ccc(OC)cc4c3C[C@@]2(C)C1=O. The van der Waals surface area contributed by atoms with Gasteiger partial charge in [-0.15, -0.1) is 0 Å². The molecule has 2 atom stereocenters. The van der Waals surface area contributed by atoms with E-state index >= 15 is 0 Å². The Balaban J connectivity index is 1.73. The quantitative estimate of drug-likeness (QED) is 0.556. The summed E-state index contributed by atoms with van der Waals surface area (Å²) < 4.78 is 5.45.